The maximum Gasteiger partial charge on any atom is 0.138 e. The van der Waals surface area contributed by atoms with Crippen LogP contribution in [-0.4, -0.2) is 9.97 Å². The fraction of sp³-hybridized carbons (Fsp3) is 0.0909. The summed E-state index contributed by atoms with van der Waals surface area (Å²) in [6, 6.07) is 31.1. The van der Waals surface area contributed by atoms with Crippen molar-refractivity contribution < 1.29 is 32.7 Å². The van der Waals surface area contributed by atoms with Gasteiger partial charge >= 0.3 is 0 Å². The molecular weight excluding hydrogens is 665 g/mol. The number of pyridine rings is 2. The van der Waals surface area contributed by atoms with E-state index in [1.54, 1.807) is 23.6 Å². The van der Waals surface area contributed by atoms with Crippen LogP contribution in [0, 0.1) is 32.8 Å². The van der Waals surface area contributed by atoms with Crippen LogP contribution >= 0.6 is 11.3 Å². The molecule has 4 aromatic heterocycles. The molecule has 0 unspecified atom stereocenters. The minimum absolute atomic E-state index is 0. The van der Waals surface area contributed by atoms with Gasteiger partial charge in [0.05, 0.1) is 10.3 Å². The molecule has 0 amide bonds. The Morgan fingerprint density at radius 1 is 0.816 bits per heavy atom. The summed E-state index contributed by atoms with van der Waals surface area (Å²) in [6.45, 7) is -3.12. The van der Waals surface area contributed by atoms with Crippen LogP contribution in [-0.2, 0) is 20.1 Å². The standard InChI is InChI=1S/C22H16NOS.C11H8N.Ir/c1-12-9-19(23-11-13(12)2)18-6-4-5-16-17-8-7-15-10-14(3)25-22(15)21(17)24-20(16)18;1-2-6-10(7-3-1)11-8-4-5-9-12-11;/h4-5,7-11H,1-3H3;1-6,8-9H;/q2*-1;/i1D3,2D3;;. The fourth-order valence-electron chi connectivity index (χ4n) is 4.28. The monoisotopic (exact) mass is 695 g/mol. The molecule has 0 aliphatic heterocycles. The Morgan fingerprint density at radius 2 is 1.68 bits per heavy atom. The van der Waals surface area contributed by atoms with Gasteiger partial charge in [0.2, 0.25) is 0 Å². The first-order valence-electron chi connectivity index (χ1n) is 14.7. The largest absolute Gasteiger partial charge is 0.499 e. The first kappa shape index (κ1) is 19.4. The van der Waals surface area contributed by atoms with Crippen LogP contribution < -0.4 is 0 Å². The van der Waals surface area contributed by atoms with Crippen molar-refractivity contribution in [2.45, 2.75) is 20.6 Å². The van der Waals surface area contributed by atoms with E-state index in [0.717, 1.165) is 43.9 Å². The molecule has 0 atom stereocenters. The third-order valence-electron chi connectivity index (χ3n) is 6.02. The summed E-state index contributed by atoms with van der Waals surface area (Å²) in [4.78, 5) is 9.68. The molecule has 0 spiro atoms. The average molecular weight is 695 g/mol. The molecule has 0 N–H and O–H groups in total. The normalized spacial score (nSPS) is 13.8. The predicted octanol–water partition coefficient (Wildman–Crippen LogP) is 9.13. The summed E-state index contributed by atoms with van der Waals surface area (Å²) in [7, 11) is 0. The predicted molar refractivity (Wildman–Crippen MR) is 154 cm³/mol. The van der Waals surface area contributed by atoms with Crippen LogP contribution in [0.4, 0.5) is 0 Å². The van der Waals surface area contributed by atoms with E-state index < -0.39 is 13.7 Å². The van der Waals surface area contributed by atoms with E-state index in [1.165, 1.54) is 10.9 Å². The number of hydrogen-bond acceptors (Lipinski definition) is 4. The molecule has 0 aliphatic rings. The van der Waals surface area contributed by atoms with E-state index in [0.29, 0.717) is 16.8 Å². The van der Waals surface area contributed by atoms with Gasteiger partial charge in [0.15, 0.2) is 0 Å². The molecule has 0 fully saturated rings. The zero-order valence-electron chi connectivity index (χ0n) is 26.2. The quantitative estimate of drug-likeness (QED) is 0.170. The molecule has 3 aromatic carbocycles. The molecule has 0 bridgehead atoms. The van der Waals surface area contributed by atoms with Crippen LogP contribution in [0.25, 0.3) is 54.5 Å². The molecule has 38 heavy (non-hydrogen) atoms. The molecule has 1 radical (unpaired) electrons. The van der Waals surface area contributed by atoms with Crippen LogP contribution in [0.15, 0.2) is 95.7 Å². The zero-order chi connectivity index (χ0) is 30.4. The second-order valence-electron chi connectivity index (χ2n) is 8.52. The van der Waals surface area contributed by atoms with E-state index in [1.807, 2.05) is 61.5 Å². The first-order valence-corrected chi connectivity index (χ1v) is 12.5. The molecule has 7 rings (SSSR count). The van der Waals surface area contributed by atoms with Gasteiger partial charge in [-0.3, -0.25) is 0 Å². The minimum atomic E-state index is -2.59. The van der Waals surface area contributed by atoms with Crippen molar-refractivity contribution in [3.05, 3.63) is 119 Å². The Labute approximate surface area is 248 Å². The number of aryl methyl sites for hydroxylation is 3. The number of benzene rings is 3. The van der Waals surface area contributed by atoms with Crippen molar-refractivity contribution >= 4 is 43.4 Å². The molecule has 0 saturated heterocycles. The van der Waals surface area contributed by atoms with Gasteiger partial charge in [-0.15, -0.1) is 65.4 Å². The summed E-state index contributed by atoms with van der Waals surface area (Å²) in [5, 5.41) is 2.92. The van der Waals surface area contributed by atoms with Crippen molar-refractivity contribution in [1.82, 2.24) is 9.97 Å². The van der Waals surface area contributed by atoms with Gasteiger partial charge in [0, 0.05) is 51.0 Å². The maximum atomic E-state index is 7.82. The summed E-state index contributed by atoms with van der Waals surface area (Å²) in [5.74, 6) is 0. The number of rotatable bonds is 2. The van der Waals surface area contributed by atoms with Crippen LogP contribution in [0.3, 0.4) is 0 Å². The summed E-state index contributed by atoms with van der Waals surface area (Å²) < 4.78 is 53.8. The van der Waals surface area contributed by atoms with Gasteiger partial charge in [0.25, 0.3) is 0 Å². The summed E-state index contributed by atoms with van der Waals surface area (Å²) in [6.07, 6.45) is 2.91. The first-order chi connectivity index (χ1) is 20.5. The number of furan rings is 1. The van der Waals surface area contributed by atoms with Gasteiger partial charge in [-0.25, -0.2) is 0 Å². The van der Waals surface area contributed by atoms with E-state index in [-0.39, 0.29) is 31.2 Å². The van der Waals surface area contributed by atoms with E-state index in [2.05, 4.69) is 34.2 Å². The molecule has 5 heteroatoms. The third kappa shape index (κ3) is 4.93. The van der Waals surface area contributed by atoms with Gasteiger partial charge in [-0.1, -0.05) is 46.8 Å². The van der Waals surface area contributed by atoms with Crippen molar-refractivity contribution in [1.29, 1.82) is 0 Å². The Balaban J connectivity index is 0.000000248. The summed E-state index contributed by atoms with van der Waals surface area (Å²) >= 11 is 1.65. The smallest absolute Gasteiger partial charge is 0.138 e. The molecule has 0 saturated carbocycles. The number of aromatic nitrogens is 2. The topological polar surface area (TPSA) is 38.9 Å². The number of nitrogens with zero attached hydrogens (tertiary/aromatic N) is 2. The Bertz CT molecular complexity index is 2030. The summed E-state index contributed by atoms with van der Waals surface area (Å²) in [5.41, 5.74) is 3.61. The number of thiophene rings is 1. The average Bonchev–Trinajstić information content (AvgIpc) is 3.57. The second kappa shape index (κ2) is 11.0. The molecule has 7 aromatic rings. The number of fused-ring (bicyclic) bond motifs is 5. The van der Waals surface area contributed by atoms with Gasteiger partial charge in [-0.2, -0.15) is 0 Å². The van der Waals surface area contributed by atoms with Gasteiger partial charge in [-0.05, 0) is 55.1 Å². The van der Waals surface area contributed by atoms with Gasteiger partial charge in [0.1, 0.15) is 5.58 Å². The second-order valence-corrected chi connectivity index (χ2v) is 9.78. The molecule has 0 aliphatic carbocycles. The zero-order valence-corrected chi connectivity index (χ0v) is 23.4. The van der Waals surface area contributed by atoms with Crippen molar-refractivity contribution in [2.75, 3.05) is 0 Å². The van der Waals surface area contributed by atoms with E-state index in [4.69, 9.17) is 12.6 Å². The Kier molecular flexibility index (Phi) is 5.63. The third-order valence-corrected chi connectivity index (χ3v) is 7.08. The molecule has 3 nitrogen and oxygen atoms in total. The molecule has 4 heterocycles. The van der Waals surface area contributed by atoms with Crippen molar-refractivity contribution in [2.24, 2.45) is 0 Å². The maximum absolute atomic E-state index is 7.82. The van der Waals surface area contributed by atoms with E-state index >= 15 is 0 Å². The van der Waals surface area contributed by atoms with Crippen LogP contribution in [0.1, 0.15) is 24.2 Å². The van der Waals surface area contributed by atoms with Crippen molar-refractivity contribution in [3.8, 4) is 22.5 Å². The van der Waals surface area contributed by atoms with Crippen LogP contribution in [0.2, 0.25) is 0 Å². The van der Waals surface area contributed by atoms with Crippen molar-refractivity contribution in [3.63, 3.8) is 0 Å². The van der Waals surface area contributed by atoms with E-state index in [9.17, 15) is 0 Å². The fourth-order valence-corrected chi connectivity index (χ4v) is 5.28. The molecule has 189 valence electrons. The van der Waals surface area contributed by atoms with Crippen LogP contribution in [0.5, 0.6) is 0 Å². The Morgan fingerprint density at radius 3 is 2.47 bits per heavy atom. The molecular formula is C33H24IrN2OS-2. The number of hydrogen-bond donors (Lipinski definition) is 0. The van der Waals surface area contributed by atoms with Gasteiger partial charge < -0.3 is 14.4 Å². The minimum Gasteiger partial charge on any atom is -0.499 e. The SMILES string of the molecule is [2H]C([2H])([2H])c1cnc(-c2[c-]ccc3c2oc2c3ccc3cc(C)sc32)cc1C([2H])([2H])[2H].[Ir].[c-]1ccccc1-c1ccccn1. The Hall–Kier alpha value is -3.63.